The molecule has 2 aromatic rings. The Morgan fingerprint density at radius 1 is 1.24 bits per heavy atom. The van der Waals surface area contributed by atoms with E-state index in [2.05, 4.69) is 0 Å². The van der Waals surface area contributed by atoms with Crippen LogP contribution in [0, 0.1) is 11.6 Å². The average Bonchev–Trinajstić information content (AvgIpc) is 3.23. The normalized spacial score (nSPS) is 14.2. The molecule has 0 unspecified atom stereocenters. The van der Waals surface area contributed by atoms with Crippen molar-refractivity contribution in [2.75, 3.05) is 6.61 Å². The predicted molar refractivity (Wildman–Crippen MR) is 87.3 cm³/mol. The average molecular weight is 348 g/mol. The first kappa shape index (κ1) is 17.2. The standard InChI is InChI=1S/C19H18F2O4/c20-15-9-12(6-7-18(22)23)10-16(21)19(15)25-11-13-3-1-4-14(13)17-5-2-8-24-17/h2,5,8-10H,1,3-4,6-7,11H2,(H,22,23). The molecule has 1 aliphatic carbocycles. The minimum absolute atomic E-state index is 0.0667. The van der Waals surface area contributed by atoms with E-state index in [9.17, 15) is 13.6 Å². The van der Waals surface area contributed by atoms with Crippen LogP contribution in [-0.4, -0.2) is 17.7 Å². The Labute approximate surface area is 143 Å². The fourth-order valence-electron chi connectivity index (χ4n) is 3.02. The van der Waals surface area contributed by atoms with E-state index in [0.29, 0.717) is 5.56 Å². The van der Waals surface area contributed by atoms with Crippen LogP contribution >= 0.6 is 0 Å². The van der Waals surface area contributed by atoms with Crippen LogP contribution in [0.3, 0.4) is 0 Å². The molecule has 0 fully saturated rings. The molecule has 0 radical (unpaired) electrons. The summed E-state index contributed by atoms with van der Waals surface area (Å²) in [5.41, 5.74) is 2.30. The molecule has 3 rings (SSSR count). The van der Waals surface area contributed by atoms with Gasteiger partial charge in [-0.15, -0.1) is 0 Å². The largest absolute Gasteiger partial charge is 0.483 e. The number of carboxylic acids is 1. The minimum atomic E-state index is -1.01. The van der Waals surface area contributed by atoms with E-state index in [-0.39, 0.29) is 19.4 Å². The Balaban J connectivity index is 1.73. The molecule has 0 aliphatic heterocycles. The van der Waals surface area contributed by atoms with E-state index in [1.54, 1.807) is 12.3 Å². The van der Waals surface area contributed by atoms with E-state index in [1.807, 2.05) is 6.07 Å². The molecular formula is C19H18F2O4. The number of hydrogen-bond donors (Lipinski definition) is 1. The summed E-state index contributed by atoms with van der Waals surface area (Å²) in [5.74, 6) is -2.32. The maximum absolute atomic E-state index is 14.1. The molecule has 0 saturated heterocycles. The van der Waals surface area contributed by atoms with Crippen molar-refractivity contribution in [2.45, 2.75) is 32.1 Å². The summed E-state index contributed by atoms with van der Waals surface area (Å²) in [6.07, 6.45) is 4.08. The summed E-state index contributed by atoms with van der Waals surface area (Å²) in [4.78, 5) is 10.6. The first-order valence-electron chi connectivity index (χ1n) is 8.12. The molecule has 0 atom stereocenters. The van der Waals surface area contributed by atoms with Gasteiger partial charge in [0.2, 0.25) is 0 Å². The van der Waals surface area contributed by atoms with E-state index in [4.69, 9.17) is 14.3 Å². The molecule has 25 heavy (non-hydrogen) atoms. The highest BCUT2D eigenvalue weighted by atomic mass is 19.1. The lowest BCUT2D eigenvalue weighted by atomic mass is 10.1. The number of rotatable bonds is 7. The third kappa shape index (κ3) is 4.07. The monoisotopic (exact) mass is 348 g/mol. The van der Waals surface area contributed by atoms with Crippen LogP contribution in [0.25, 0.3) is 5.57 Å². The fraction of sp³-hybridized carbons (Fsp3) is 0.316. The summed E-state index contributed by atoms with van der Waals surface area (Å²) < 4.78 is 39.1. The minimum Gasteiger partial charge on any atom is -0.483 e. The molecule has 1 aromatic heterocycles. The molecule has 0 bridgehead atoms. The van der Waals surface area contributed by atoms with E-state index in [0.717, 1.165) is 48.3 Å². The van der Waals surface area contributed by atoms with Crippen LogP contribution in [0.15, 0.2) is 40.5 Å². The highest BCUT2D eigenvalue weighted by molar-refractivity contribution is 5.67. The number of halogens is 2. The SMILES string of the molecule is O=C(O)CCc1cc(F)c(OCC2=C(c3ccco3)CCC2)c(F)c1. The topological polar surface area (TPSA) is 59.7 Å². The Bertz CT molecular complexity index is 771. The molecule has 0 spiro atoms. The maximum atomic E-state index is 14.1. The molecule has 1 N–H and O–H groups in total. The predicted octanol–water partition coefficient (Wildman–Crippen LogP) is 4.59. The van der Waals surface area contributed by atoms with Crippen LogP contribution in [0.2, 0.25) is 0 Å². The van der Waals surface area contributed by atoms with Gasteiger partial charge in [-0.2, -0.15) is 0 Å². The molecule has 0 saturated carbocycles. The number of carboxylic acid groups (broad SMARTS) is 1. The van der Waals surface area contributed by atoms with Gasteiger partial charge in [0.05, 0.1) is 6.26 Å². The van der Waals surface area contributed by atoms with Gasteiger partial charge >= 0.3 is 5.97 Å². The van der Waals surface area contributed by atoms with Gasteiger partial charge in [-0.05, 0) is 66.7 Å². The molecule has 6 heteroatoms. The quantitative estimate of drug-likeness (QED) is 0.795. The zero-order valence-corrected chi connectivity index (χ0v) is 13.6. The number of hydrogen-bond acceptors (Lipinski definition) is 3. The number of carbonyl (C=O) groups is 1. The maximum Gasteiger partial charge on any atom is 0.303 e. The van der Waals surface area contributed by atoms with Crippen LogP contribution in [0.5, 0.6) is 5.75 Å². The van der Waals surface area contributed by atoms with Crippen LogP contribution in [-0.2, 0) is 11.2 Å². The third-order valence-electron chi connectivity index (χ3n) is 4.23. The Morgan fingerprint density at radius 3 is 2.64 bits per heavy atom. The van der Waals surface area contributed by atoms with Crippen LogP contribution < -0.4 is 4.74 Å². The number of aryl methyl sites for hydroxylation is 1. The molecule has 1 aromatic carbocycles. The van der Waals surface area contributed by atoms with Crippen molar-refractivity contribution in [2.24, 2.45) is 0 Å². The summed E-state index contributed by atoms with van der Waals surface area (Å²) >= 11 is 0. The highest BCUT2D eigenvalue weighted by Gasteiger charge is 2.20. The fourth-order valence-corrected chi connectivity index (χ4v) is 3.02. The molecule has 0 amide bonds. The lowest BCUT2D eigenvalue weighted by molar-refractivity contribution is -0.136. The van der Waals surface area contributed by atoms with Crippen molar-refractivity contribution in [3.8, 4) is 5.75 Å². The second-order valence-electron chi connectivity index (χ2n) is 5.98. The number of allylic oxidation sites excluding steroid dienone is 1. The van der Waals surface area contributed by atoms with Crippen LogP contribution in [0.1, 0.15) is 37.0 Å². The van der Waals surface area contributed by atoms with Crippen LogP contribution in [0.4, 0.5) is 8.78 Å². The Hall–Kier alpha value is -2.63. The zero-order valence-electron chi connectivity index (χ0n) is 13.6. The van der Waals surface area contributed by atoms with E-state index in [1.165, 1.54) is 0 Å². The van der Waals surface area contributed by atoms with Gasteiger partial charge in [0.1, 0.15) is 12.4 Å². The van der Waals surface area contributed by atoms with Gasteiger partial charge in [-0.3, -0.25) is 4.79 Å². The summed E-state index contributed by atoms with van der Waals surface area (Å²) in [6, 6.07) is 5.91. The third-order valence-corrected chi connectivity index (χ3v) is 4.23. The van der Waals surface area contributed by atoms with Gasteiger partial charge in [-0.25, -0.2) is 8.78 Å². The lowest BCUT2D eigenvalue weighted by Gasteiger charge is -2.12. The Morgan fingerprint density at radius 2 is 2.00 bits per heavy atom. The van der Waals surface area contributed by atoms with Crippen molar-refractivity contribution >= 4 is 11.5 Å². The first-order chi connectivity index (χ1) is 12.0. The first-order valence-corrected chi connectivity index (χ1v) is 8.12. The number of ether oxygens (including phenoxy) is 1. The molecule has 4 nitrogen and oxygen atoms in total. The number of benzene rings is 1. The summed E-state index contributed by atoms with van der Waals surface area (Å²) in [7, 11) is 0. The molecule has 1 heterocycles. The molecular weight excluding hydrogens is 330 g/mol. The highest BCUT2D eigenvalue weighted by Crippen LogP contribution is 2.35. The number of aliphatic carboxylic acids is 1. The van der Waals surface area contributed by atoms with Gasteiger partial charge in [0.15, 0.2) is 17.4 Å². The van der Waals surface area contributed by atoms with Crippen molar-refractivity contribution in [3.05, 3.63) is 59.1 Å². The van der Waals surface area contributed by atoms with Gasteiger partial charge in [-0.1, -0.05) is 0 Å². The second-order valence-corrected chi connectivity index (χ2v) is 5.98. The zero-order chi connectivity index (χ0) is 17.8. The van der Waals surface area contributed by atoms with Crippen molar-refractivity contribution in [1.82, 2.24) is 0 Å². The second kappa shape index (κ2) is 7.51. The van der Waals surface area contributed by atoms with E-state index >= 15 is 0 Å². The van der Waals surface area contributed by atoms with Gasteiger partial charge in [0, 0.05) is 6.42 Å². The van der Waals surface area contributed by atoms with E-state index < -0.39 is 23.4 Å². The molecule has 1 aliphatic rings. The molecule has 132 valence electrons. The van der Waals surface area contributed by atoms with Crippen molar-refractivity contribution < 1.29 is 27.8 Å². The lowest BCUT2D eigenvalue weighted by Crippen LogP contribution is -2.06. The van der Waals surface area contributed by atoms with Gasteiger partial charge < -0.3 is 14.3 Å². The summed E-state index contributed by atoms with van der Waals surface area (Å²) in [6.45, 7) is 0.0956. The smallest absolute Gasteiger partial charge is 0.303 e. The van der Waals surface area contributed by atoms with Crippen molar-refractivity contribution in [1.29, 1.82) is 0 Å². The number of furan rings is 1. The van der Waals surface area contributed by atoms with Crippen molar-refractivity contribution in [3.63, 3.8) is 0 Å². The summed E-state index contributed by atoms with van der Waals surface area (Å²) in [5, 5.41) is 8.65. The van der Waals surface area contributed by atoms with Gasteiger partial charge in [0.25, 0.3) is 0 Å². The Kier molecular flexibility index (Phi) is 5.16.